The molecule has 0 spiro atoms. The molecule has 5 heteroatoms. The van der Waals surface area contributed by atoms with Crippen molar-refractivity contribution in [1.29, 1.82) is 0 Å². The first-order valence-corrected chi connectivity index (χ1v) is 8.92. The molecule has 1 aliphatic heterocycles. The Balaban J connectivity index is 1.52. The zero-order valence-electron chi connectivity index (χ0n) is 15.2. The van der Waals surface area contributed by atoms with Crippen molar-refractivity contribution < 1.29 is 19.4 Å². The van der Waals surface area contributed by atoms with Crippen LogP contribution in [0.2, 0.25) is 0 Å². The van der Waals surface area contributed by atoms with Crippen LogP contribution in [0.5, 0.6) is 11.5 Å². The number of hydrogen-bond donors (Lipinski definition) is 0. The Kier molecular flexibility index (Phi) is 5.35. The summed E-state index contributed by atoms with van der Waals surface area (Å²) in [7, 11) is 0. The summed E-state index contributed by atoms with van der Waals surface area (Å²) in [5, 5.41) is 11.0. The first-order valence-electron chi connectivity index (χ1n) is 8.92. The molecule has 1 heterocycles. The minimum Gasteiger partial charge on any atom is -0.546 e. The average Bonchev–Trinajstić information content (AvgIpc) is 2.63. The fourth-order valence-electron chi connectivity index (χ4n) is 2.99. The highest BCUT2D eigenvalue weighted by atomic mass is 16.5. The number of carboxylic acid groups (broad SMARTS) is 1. The molecule has 0 N–H and O–H groups in total. The van der Waals surface area contributed by atoms with E-state index in [-0.39, 0.29) is 0 Å². The van der Waals surface area contributed by atoms with Gasteiger partial charge < -0.3 is 24.3 Å². The predicted octanol–water partition coefficient (Wildman–Crippen LogP) is 2.43. The molecule has 0 atom stereocenters. The molecule has 0 fully saturated rings. The maximum atomic E-state index is 11.0. The topological polar surface area (TPSA) is 61.8 Å². The summed E-state index contributed by atoms with van der Waals surface area (Å²) >= 11 is 0. The third kappa shape index (κ3) is 4.28. The van der Waals surface area contributed by atoms with Crippen LogP contribution in [-0.4, -0.2) is 31.3 Å². The lowest BCUT2D eigenvalue weighted by Crippen LogP contribution is -2.47. The Bertz CT molecular complexity index is 755. The van der Waals surface area contributed by atoms with Crippen molar-refractivity contribution in [2.45, 2.75) is 32.3 Å². The minimum absolute atomic E-state index is 0.532. The van der Waals surface area contributed by atoms with E-state index < -0.39 is 11.6 Å². The van der Waals surface area contributed by atoms with Gasteiger partial charge in [0.05, 0.1) is 18.2 Å². The lowest BCUT2D eigenvalue weighted by atomic mass is 10.1. The van der Waals surface area contributed by atoms with Crippen molar-refractivity contribution in [1.82, 2.24) is 0 Å². The van der Waals surface area contributed by atoms with Crippen molar-refractivity contribution >= 4 is 11.7 Å². The Hall–Kier alpha value is -2.69. The maximum absolute atomic E-state index is 11.0. The van der Waals surface area contributed by atoms with E-state index in [1.165, 1.54) is 19.4 Å². The Morgan fingerprint density at radius 3 is 2.65 bits per heavy atom. The minimum atomic E-state index is -1.34. The number of aryl methyl sites for hydroxylation is 1. The quantitative estimate of drug-likeness (QED) is 0.764. The van der Waals surface area contributed by atoms with Crippen LogP contribution in [-0.2, 0) is 11.2 Å². The number of carboxylic acids is 1. The molecule has 1 aliphatic rings. The van der Waals surface area contributed by atoms with Gasteiger partial charge in [-0.25, -0.2) is 0 Å². The number of fused-ring (bicyclic) bond motifs is 1. The summed E-state index contributed by atoms with van der Waals surface area (Å²) < 4.78 is 11.2. The number of hydrogen-bond acceptors (Lipinski definition) is 5. The summed E-state index contributed by atoms with van der Waals surface area (Å²) in [4.78, 5) is 13.4. The zero-order chi connectivity index (χ0) is 18.6. The number of anilines is 1. The van der Waals surface area contributed by atoms with Gasteiger partial charge in [-0.3, -0.25) is 0 Å². The zero-order valence-corrected chi connectivity index (χ0v) is 15.2. The largest absolute Gasteiger partial charge is 0.546 e. The molecule has 2 aromatic carbocycles. The van der Waals surface area contributed by atoms with Gasteiger partial charge in [0.2, 0.25) is 0 Å². The molecule has 0 unspecified atom stereocenters. The van der Waals surface area contributed by atoms with Gasteiger partial charge in [-0.05, 0) is 56.5 Å². The third-order valence-corrected chi connectivity index (χ3v) is 4.51. The van der Waals surface area contributed by atoms with Crippen LogP contribution in [0.1, 0.15) is 25.8 Å². The van der Waals surface area contributed by atoms with Crippen molar-refractivity contribution in [2.75, 3.05) is 24.6 Å². The summed E-state index contributed by atoms with van der Waals surface area (Å²) in [6.45, 7) is 5.56. The summed E-state index contributed by atoms with van der Waals surface area (Å²) in [6, 6.07) is 15.7. The molecule has 26 heavy (non-hydrogen) atoms. The number of rotatable bonds is 7. The summed E-state index contributed by atoms with van der Waals surface area (Å²) in [6.07, 6.45) is 1.97. The summed E-state index contributed by atoms with van der Waals surface area (Å²) in [5.74, 6) is 0.258. The van der Waals surface area contributed by atoms with Gasteiger partial charge in [0.25, 0.3) is 0 Å². The highest BCUT2D eigenvalue weighted by Crippen LogP contribution is 2.31. The fourth-order valence-corrected chi connectivity index (χ4v) is 2.99. The van der Waals surface area contributed by atoms with Crippen LogP contribution in [0.25, 0.3) is 0 Å². The van der Waals surface area contributed by atoms with Gasteiger partial charge >= 0.3 is 0 Å². The van der Waals surface area contributed by atoms with E-state index >= 15 is 0 Å². The van der Waals surface area contributed by atoms with Crippen LogP contribution in [0.4, 0.5) is 5.69 Å². The molecule has 0 aromatic heterocycles. The first-order chi connectivity index (χ1) is 12.5. The van der Waals surface area contributed by atoms with E-state index in [0.717, 1.165) is 44.0 Å². The average molecular weight is 354 g/mol. The number of carbonyl (C=O) groups is 1. The van der Waals surface area contributed by atoms with Gasteiger partial charge in [0, 0.05) is 6.54 Å². The van der Waals surface area contributed by atoms with E-state index in [9.17, 15) is 9.90 Å². The van der Waals surface area contributed by atoms with Gasteiger partial charge in [-0.15, -0.1) is 0 Å². The van der Waals surface area contributed by atoms with Crippen molar-refractivity contribution in [2.24, 2.45) is 0 Å². The standard InChI is InChI=1S/C21H25NO4/c1-21(2,20(23)24)26-17-11-9-16(10-12-17)6-5-13-22-14-15-25-19-8-4-3-7-18(19)22/h3-4,7-12H,5-6,13-15H2,1-2H3,(H,23,24)/p-1. The Morgan fingerprint density at radius 1 is 1.19 bits per heavy atom. The molecule has 138 valence electrons. The number of ether oxygens (including phenoxy) is 2. The lowest BCUT2D eigenvalue weighted by Gasteiger charge is -2.31. The highest BCUT2D eigenvalue weighted by molar-refractivity contribution is 5.74. The second kappa shape index (κ2) is 7.68. The predicted molar refractivity (Wildman–Crippen MR) is 98.6 cm³/mol. The number of para-hydroxylation sites is 2. The van der Waals surface area contributed by atoms with Gasteiger partial charge in [-0.2, -0.15) is 0 Å². The lowest BCUT2D eigenvalue weighted by molar-refractivity contribution is -0.320. The monoisotopic (exact) mass is 354 g/mol. The molecule has 0 saturated carbocycles. The molecule has 0 radical (unpaired) electrons. The third-order valence-electron chi connectivity index (χ3n) is 4.51. The molecule has 2 aromatic rings. The number of nitrogens with zero attached hydrogens (tertiary/aromatic N) is 1. The van der Waals surface area contributed by atoms with E-state index in [4.69, 9.17) is 9.47 Å². The molecular formula is C21H24NO4-. The SMILES string of the molecule is CC(C)(Oc1ccc(CCCN2CCOc3ccccc32)cc1)C(=O)[O-]. The van der Waals surface area contributed by atoms with Crippen molar-refractivity contribution in [3.8, 4) is 11.5 Å². The Labute approximate surface area is 154 Å². The first kappa shape index (κ1) is 18.1. The van der Waals surface area contributed by atoms with Crippen LogP contribution >= 0.6 is 0 Å². The molecular weight excluding hydrogens is 330 g/mol. The van der Waals surface area contributed by atoms with Crippen LogP contribution in [0, 0.1) is 0 Å². The van der Waals surface area contributed by atoms with Gasteiger partial charge in [0.1, 0.15) is 23.7 Å². The van der Waals surface area contributed by atoms with Crippen molar-refractivity contribution in [3.63, 3.8) is 0 Å². The van der Waals surface area contributed by atoms with Crippen LogP contribution in [0.15, 0.2) is 48.5 Å². The molecule has 0 amide bonds. The second-order valence-corrected chi connectivity index (χ2v) is 6.95. The number of aliphatic carboxylic acids is 1. The molecule has 0 saturated heterocycles. The van der Waals surface area contributed by atoms with Crippen LogP contribution in [0.3, 0.4) is 0 Å². The Morgan fingerprint density at radius 2 is 1.92 bits per heavy atom. The maximum Gasteiger partial charge on any atom is 0.143 e. The van der Waals surface area contributed by atoms with Gasteiger partial charge in [-0.1, -0.05) is 24.3 Å². The molecule has 0 aliphatic carbocycles. The molecule has 3 rings (SSSR count). The van der Waals surface area contributed by atoms with Gasteiger partial charge in [0.15, 0.2) is 0 Å². The van der Waals surface area contributed by atoms with Crippen LogP contribution < -0.4 is 19.5 Å². The number of carbonyl (C=O) groups excluding carboxylic acids is 1. The second-order valence-electron chi connectivity index (χ2n) is 6.95. The summed E-state index contributed by atoms with van der Waals surface area (Å²) in [5.41, 5.74) is 1.02. The van der Waals surface area contributed by atoms with E-state index in [2.05, 4.69) is 11.0 Å². The highest BCUT2D eigenvalue weighted by Gasteiger charge is 2.21. The van der Waals surface area contributed by atoms with Crippen molar-refractivity contribution in [3.05, 3.63) is 54.1 Å². The molecule has 0 bridgehead atoms. The smallest absolute Gasteiger partial charge is 0.143 e. The van der Waals surface area contributed by atoms with E-state index in [1.54, 1.807) is 0 Å². The number of benzene rings is 2. The van der Waals surface area contributed by atoms with E-state index in [0.29, 0.717) is 5.75 Å². The normalized spacial score (nSPS) is 13.7. The van der Waals surface area contributed by atoms with E-state index in [1.807, 2.05) is 42.5 Å². The fraction of sp³-hybridized carbons (Fsp3) is 0.381. The molecule has 5 nitrogen and oxygen atoms in total.